The Kier molecular flexibility index (Phi) is 3.92. The Morgan fingerprint density at radius 1 is 1.19 bits per heavy atom. The molecule has 0 aromatic carbocycles. The Bertz CT molecular complexity index is 620. The minimum atomic E-state index is 0.560. The summed E-state index contributed by atoms with van der Waals surface area (Å²) < 4.78 is 7.32. The number of nitrogens with zero attached hydrogens (tertiary/aromatic N) is 4. The first kappa shape index (κ1) is 14.1. The normalized spacial score (nSPS) is 15.8. The van der Waals surface area contributed by atoms with Crippen molar-refractivity contribution in [2.75, 3.05) is 13.7 Å². The number of rotatable bonds is 3. The number of aromatic nitrogens is 3. The summed E-state index contributed by atoms with van der Waals surface area (Å²) in [6.45, 7) is 7.55. The first-order chi connectivity index (χ1) is 10.2. The second-order valence-electron chi connectivity index (χ2n) is 5.73. The average Bonchev–Trinajstić information content (AvgIpc) is 2.79. The van der Waals surface area contributed by atoms with Gasteiger partial charge in [0, 0.05) is 31.7 Å². The summed E-state index contributed by atoms with van der Waals surface area (Å²) >= 11 is 0. The van der Waals surface area contributed by atoms with E-state index in [1.807, 2.05) is 18.2 Å². The molecule has 1 aliphatic heterocycles. The van der Waals surface area contributed by atoms with E-state index in [4.69, 9.17) is 9.84 Å². The number of aryl methyl sites for hydroxylation is 1. The smallest absolute Gasteiger partial charge is 0.213 e. The zero-order chi connectivity index (χ0) is 14.8. The highest BCUT2D eigenvalue weighted by Crippen LogP contribution is 2.22. The monoisotopic (exact) mass is 286 g/mol. The lowest BCUT2D eigenvalue weighted by atomic mass is 10.2. The summed E-state index contributed by atoms with van der Waals surface area (Å²) in [6.07, 6.45) is 1.14. The second kappa shape index (κ2) is 5.85. The molecule has 0 saturated heterocycles. The van der Waals surface area contributed by atoms with E-state index in [9.17, 15) is 0 Å². The van der Waals surface area contributed by atoms with E-state index in [-0.39, 0.29) is 0 Å². The van der Waals surface area contributed by atoms with Gasteiger partial charge in [-0.3, -0.25) is 9.58 Å². The van der Waals surface area contributed by atoms with Crippen molar-refractivity contribution in [2.24, 2.45) is 0 Å². The molecule has 0 saturated carbocycles. The molecular weight excluding hydrogens is 264 g/mol. The quantitative estimate of drug-likeness (QED) is 0.870. The van der Waals surface area contributed by atoms with Gasteiger partial charge in [-0.05, 0) is 32.4 Å². The highest BCUT2D eigenvalue weighted by Gasteiger charge is 2.19. The molecule has 112 valence electrons. The molecule has 3 heterocycles. The zero-order valence-corrected chi connectivity index (χ0v) is 12.9. The molecule has 0 unspecified atom stereocenters. The van der Waals surface area contributed by atoms with Crippen molar-refractivity contribution in [1.29, 1.82) is 0 Å². The lowest BCUT2D eigenvalue weighted by molar-refractivity contribution is 0.216. The van der Waals surface area contributed by atoms with Gasteiger partial charge in [0.25, 0.3) is 0 Å². The van der Waals surface area contributed by atoms with E-state index in [0.29, 0.717) is 11.9 Å². The van der Waals surface area contributed by atoms with Crippen molar-refractivity contribution in [3.05, 3.63) is 30.0 Å². The third-order valence-corrected chi connectivity index (χ3v) is 3.97. The third kappa shape index (κ3) is 2.93. The summed E-state index contributed by atoms with van der Waals surface area (Å²) in [5, 5.41) is 4.72. The fourth-order valence-electron chi connectivity index (χ4n) is 2.72. The van der Waals surface area contributed by atoms with Crippen LogP contribution in [0.2, 0.25) is 0 Å². The van der Waals surface area contributed by atoms with Crippen molar-refractivity contribution in [3.63, 3.8) is 0 Å². The predicted molar refractivity (Wildman–Crippen MR) is 82.2 cm³/mol. The van der Waals surface area contributed by atoms with Crippen LogP contribution in [-0.4, -0.2) is 39.4 Å². The molecule has 5 nitrogen and oxygen atoms in total. The van der Waals surface area contributed by atoms with Crippen LogP contribution in [0.3, 0.4) is 0 Å². The third-order valence-electron chi connectivity index (χ3n) is 3.97. The summed E-state index contributed by atoms with van der Waals surface area (Å²) in [5.41, 5.74) is 3.06. The molecule has 5 heteroatoms. The van der Waals surface area contributed by atoms with Gasteiger partial charge in [0.2, 0.25) is 5.88 Å². The molecule has 0 fully saturated rings. The van der Waals surface area contributed by atoms with Crippen LogP contribution in [0.25, 0.3) is 11.4 Å². The first-order valence-electron chi connectivity index (χ1n) is 7.49. The summed E-state index contributed by atoms with van der Waals surface area (Å²) in [5.74, 6) is 0.625. The molecule has 3 rings (SSSR count). The van der Waals surface area contributed by atoms with E-state index in [2.05, 4.69) is 34.5 Å². The fourth-order valence-corrected chi connectivity index (χ4v) is 2.72. The minimum absolute atomic E-state index is 0.560. The predicted octanol–water partition coefficient (Wildman–Crippen LogP) is 2.57. The van der Waals surface area contributed by atoms with E-state index in [1.54, 1.807) is 7.11 Å². The molecule has 0 atom stereocenters. The Labute approximate surface area is 125 Å². The number of hydrogen-bond donors (Lipinski definition) is 0. The lowest BCUT2D eigenvalue weighted by Gasteiger charge is -2.23. The molecular formula is C16H22N4O. The summed E-state index contributed by atoms with van der Waals surface area (Å²) in [4.78, 5) is 6.96. The number of methoxy groups -OCH3 is 1. The van der Waals surface area contributed by atoms with Crippen LogP contribution in [-0.2, 0) is 13.1 Å². The maximum absolute atomic E-state index is 5.19. The Morgan fingerprint density at radius 3 is 2.81 bits per heavy atom. The molecule has 2 aromatic heterocycles. The lowest BCUT2D eigenvalue weighted by Crippen LogP contribution is -2.30. The van der Waals surface area contributed by atoms with Crippen LogP contribution in [0.4, 0.5) is 0 Å². The summed E-state index contributed by atoms with van der Waals surface area (Å²) in [7, 11) is 1.63. The van der Waals surface area contributed by atoms with Crippen molar-refractivity contribution in [1.82, 2.24) is 19.7 Å². The number of fused-ring (bicyclic) bond motifs is 1. The SMILES string of the molecule is COc1cccc(-c2cc3n(n2)CCCN(C(C)C)C3)n1. The van der Waals surface area contributed by atoms with Gasteiger partial charge in [-0.25, -0.2) is 4.98 Å². The highest BCUT2D eigenvalue weighted by atomic mass is 16.5. The van der Waals surface area contributed by atoms with Gasteiger partial charge < -0.3 is 4.74 Å². The van der Waals surface area contributed by atoms with Crippen LogP contribution in [0.5, 0.6) is 5.88 Å². The largest absolute Gasteiger partial charge is 0.481 e. The Hall–Kier alpha value is -1.88. The first-order valence-corrected chi connectivity index (χ1v) is 7.49. The number of ether oxygens (including phenoxy) is 1. The van der Waals surface area contributed by atoms with Gasteiger partial charge in [0.15, 0.2) is 0 Å². The molecule has 0 N–H and O–H groups in total. The van der Waals surface area contributed by atoms with Gasteiger partial charge in [-0.15, -0.1) is 0 Å². The maximum atomic E-state index is 5.19. The van der Waals surface area contributed by atoms with Crippen molar-refractivity contribution in [2.45, 2.75) is 39.4 Å². The van der Waals surface area contributed by atoms with Crippen molar-refractivity contribution < 1.29 is 4.74 Å². The topological polar surface area (TPSA) is 43.2 Å². The van der Waals surface area contributed by atoms with Crippen LogP contribution in [0.15, 0.2) is 24.3 Å². The van der Waals surface area contributed by atoms with Crippen LogP contribution in [0, 0.1) is 0 Å². The molecule has 21 heavy (non-hydrogen) atoms. The van der Waals surface area contributed by atoms with Crippen molar-refractivity contribution in [3.8, 4) is 17.3 Å². The molecule has 0 bridgehead atoms. The van der Waals surface area contributed by atoms with E-state index in [0.717, 1.165) is 37.4 Å². The van der Waals surface area contributed by atoms with Crippen molar-refractivity contribution >= 4 is 0 Å². The Morgan fingerprint density at radius 2 is 2.05 bits per heavy atom. The van der Waals surface area contributed by atoms with Gasteiger partial charge in [0.05, 0.1) is 18.5 Å². The van der Waals surface area contributed by atoms with Crippen LogP contribution >= 0.6 is 0 Å². The molecule has 0 radical (unpaired) electrons. The van der Waals surface area contributed by atoms with Crippen LogP contribution in [0.1, 0.15) is 26.0 Å². The van der Waals surface area contributed by atoms with Gasteiger partial charge in [-0.2, -0.15) is 5.10 Å². The standard InChI is InChI=1S/C16H22N4O/c1-12(2)19-8-5-9-20-13(11-19)10-15(18-20)14-6-4-7-16(17-14)21-3/h4,6-7,10,12H,5,8-9,11H2,1-3H3. The highest BCUT2D eigenvalue weighted by molar-refractivity contribution is 5.55. The number of pyridine rings is 1. The molecule has 0 aliphatic carbocycles. The number of hydrogen-bond acceptors (Lipinski definition) is 4. The maximum Gasteiger partial charge on any atom is 0.213 e. The molecule has 2 aromatic rings. The second-order valence-corrected chi connectivity index (χ2v) is 5.73. The fraction of sp³-hybridized carbons (Fsp3) is 0.500. The van der Waals surface area contributed by atoms with E-state index < -0.39 is 0 Å². The van der Waals surface area contributed by atoms with Gasteiger partial charge >= 0.3 is 0 Å². The zero-order valence-electron chi connectivity index (χ0n) is 12.9. The average molecular weight is 286 g/mol. The molecule has 1 aliphatic rings. The van der Waals surface area contributed by atoms with Gasteiger partial charge in [-0.1, -0.05) is 6.07 Å². The minimum Gasteiger partial charge on any atom is -0.481 e. The van der Waals surface area contributed by atoms with Crippen LogP contribution < -0.4 is 4.74 Å². The summed E-state index contributed by atoms with van der Waals surface area (Å²) in [6, 6.07) is 8.50. The van der Waals surface area contributed by atoms with Gasteiger partial charge in [0.1, 0.15) is 5.69 Å². The van der Waals surface area contributed by atoms with E-state index >= 15 is 0 Å². The van der Waals surface area contributed by atoms with E-state index in [1.165, 1.54) is 5.69 Å². The Balaban J connectivity index is 1.91. The molecule has 0 spiro atoms. The molecule has 0 amide bonds.